The zero-order valence-corrected chi connectivity index (χ0v) is 15.6. The lowest BCUT2D eigenvalue weighted by Gasteiger charge is -2.14. The van der Waals surface area contributed by atoms with E-state index < -0.39 is 0 Å². The molecule has 1 amide bonds. The van der Waals surface area contributed by atoms with Gasteiger partial charge in [0, 0.05) is 17.2 Å². The zero-order chi connectivity index (χ0) is 17.3. The van der Waals surface area contributed by atoms with Crippen LogP contribution in [0.5, 0.6) is 11.5 Å². The lowest BCUT2D eigenvalue weighted by Crippen LogP contribution is -2.24. The number of fused-ring (bicyclic) bond motifs is 1. The number of likely N-dealkylation sites (N-methyl/N-ethyl adjacent to an activating group) is 1. The number of methoxy groups -OCH3 is 1. The van der Waals surface area contributed by atoms with Crippen LogP contribution in [0.25, 0.3) is 0 Å². The van der Waals surface area contributed by atoms with Crippen molar-refractivity contribution in [2.45, 2.75) is 19.3 Å². The van der Waals surface area contributed by atoms with Gasteiger partial charge < -0.3 is 14.4 Å². The number of carbonyl (C=O) groups excluding carboxylic acids is 1. The van der Waals surface area contributed by atoms with Crippen LogP contribution in [0.3, 0.4) is 0 Å². The van der Waals surface area contributed by atoms with Crippen molar-refractivity contribution in [2.24, 2.45) is 0 Å². The van der Waals surface area contributed by atoms with Gasteiger partial charge in [-0.05, 0) is 54.8 Å². The molecule has 0 saturated heterocycles. The molecule has 2 aromatic carbocycles. The topological polar surface area (TPSA) is 38.8 Å². The second-order valence-corrected chi connectivity index (χ2v) is 6.69. The smallest absolute Gasteiger partial charge is 0.234 e. The van der Waals surface area contributed by atoms with Crippen LogP contribution >= 0.6 is 15.9 Å². The largest absolute Gasteiger partial charge is 0.493 e. The van der Waals surface area contributed by atoms with Crippen molar-refractivity contribution in [1.29, 1.82) is 0 Å². The van der Waals surface area contributed by atoms with Crippen LogP contribution in [0.15, 0.2) is 40.9 Å². The second-order valence-electron chi connectivity index (χ2n) is 5.78. The molecule has 0 unspecified atom stereocenters. The maximum atomic E-state index is 12.7. The Hall–Kier alpha value is -2.01. The highest BCUT2D eigenvalue weighted by Gasteiger charge is 2.35. The first kappa shape index (κ1) is 16.8. The van der Waals surface area contributed by atoms with Gasteiger partial charge in [0.15, 0.2) is 11.5 Å². The summed E-state index contributed by atoms with van der Waals surface area (Å²) in [6, 6.07) is 11.8. The van der Waals surface area contributed by atoms with Gasteiger partial charge in [-0.1, -0.05) is 22.0 Å². The molecule has 0 bridgehead atoms. The number of anilines is 1. The number of hydrogen-bond acceptors (Lipinski definition) is 3. The Morgan fingerprint density at radius 1 is 1.17 bits per heavy atom. The third kappa shape index (κ3) is 3.00. The van der Waals surface area contributed by atoms with E-state index in [9.17, 15) is 4.79 Å². The first-order valence-electron chi connectivity index (χ1n) is 7.92. The summed E-state index contributed by atoms with van der Waals surface area (Å²) in [5.41, 5.74) is 3.09. The van der Waals surface area contributed by atoms with E-state index in [4.69, 9.17) is 9.47 Å². The van der Waals surface area contributed by atoms with E-state index in [0.29, 0.717) is 18.8 Å². The Morgan fingerprint density at radius 2 is 1.96 bits per heavy atom. The van der Waals surface area contributed by atoms with E-state index in [1.54, 1.807) is 12.0 Å². The molecule has 0 radical (unpaired) electrons. The highest BCUT2D eigenvalue weighted by Crippen LogP contribution is 2.40. The van der Waals surface area contributed by atoms with Gasteiger partial charge in [-0.3, -0.25) is 4.79 Å². The molecular weight excluding hydrogens is 370 g/mol. The minimum Gasteiger partial charge on any atom is -0.493 e. The molecule has 1 heterocycles. The Balaban J connectivity index is 1.92. The fraction of sp³-hybridized carbons (Fsp3) is 0.316. The van der Waals surface area contributed by atoms with Gasteiger partial charge in [0.2, 0.25) is 5.91 Å². The van der Waals surface area contributed by atoms with Crippen LogP contribution in [0.4, 0.5) is 5.69 Å². The van der Waals surface area contributed by atoms with E-state index in [-0.39, 0.29) is 11.8 Å². The summed E-state index contributed by atoms with van der Waals surface area (Å²) in [7, 11) is 3.45. The summed E-state index contributed by atoms with van der Waals surface area (Å²) in [6.07, 6.45) is 0.634. The summed E-state index contributed by atoms with van der Waals surface area (Å²) < 4.78 is 12.0. The summed E-state index contributed by atoms with van der Waals surface area (Å²) in [5.74, 6) is 1.37. The van der Waals surface area contributed by atoms with Crippen molar-refractivity contribution in [3.05, 3.63) is 52.0 Å². The summed E-state index contributed by atoms with van der Waals surface area (Å²) in [5, 5.41) is 0. The van der Waals surface area contributed by atoms with Crippen molar-refractivity contribution < 1.29 is 14.3 Å². The number of carbonyl (C=O) groups is 1. The predicted molar refractivity (Wildman–Crippen MR) is 98.2 cm³/mol. The molecule has 0 aromatic heterocycles. The number of ether oxygens (including phenoxy) is 2. The minimum atomic E-state index is -0.176. The fourth-order valence-electron chi connectivity index (χ4n) is 3.14. The van der Waals surface area contributed by atoms with Crippen LogP contribution in [-0.2, 0) is 11.2 Å². The van der Waals surface area contributed by atoms with E-state index in [1.807, 2.05) is 50.4 Å². The minimum absolute atomic E-state index is 0.121. The van der Waals surface area contributed by atoms with Gasteiger partial charge in [0.1, 0.15) is 0 Å². The van der Waals surface area contributed by atoms with Crippen LogP contribution in [0.1, 0.15) is 24.0 Å². The first-order valence-corrected chi connectivity index (χ1v) is 8.71. The molecule has 0 fully saturated rings. The molecular formula is C19H20BrNO3. The Labute approximate surface area is 150 Å². The van der Waals surface area contributed by atoms with Gasteiger partial charge in [-0.2, -0.15) is 0 Å². The third-order valence-electron chi connectivity index (χ3n) is 4.32. The van der Waals surface area contributed by atoms with E-state index in [2.05, 4.69) is 15.9 Å². The average Bonchev–Trinajstić information content (AvgIpc) is 2.81. The molecule has 3 rings (SSSR count). The van der Waals surface area contributed by atoms with Crippen LogP contribution in [-0.4, -0.2) is 26.7 Å². The molecule has 0 spiro atoms. The zero-order valence-electron chi connectivity index (χ0n) is 14.0. The molecule has 2 aromatic rings. The van der Waals surface area contributed by atoms with Crippen LogP contribution < -0.4 is 14.4 Å². The van der Waals surface area contributed by atoms with Gasteiger partial charge in [-0.15, -0.1) is 0 Å². The Kier molecular flexibility index (Phi) is 4.81. The lowest BCUT2D eigenvalue weighted by molar-refractivity contribution is -0.119. The number of benzene rings is 2. The molecule has 5 heteroatoms. The second kappa shape index (κ2) is 6.85. The molecule has 0 aliphatic carbocycles. The number of rotatable bonds is 5. The number of nitrogens with zero attached hydrogens (tertiary/aromatic N) is 1. The van der Waals surface area contributed by atoms with Crippen molar-refractivity contribution in [3.63, 3.8) is 0 Å². The molecule has 126 valence electrons. The third-order valence-corrected chi connectivity index (χ3v) is 4.82. The number of hydrogen-bond donors (Lipinski definition) is 0. The van der Waals surface area contributed by atoms with Gasteiger partial charge >= 0.3 is 0 Å². The quantitative estimate of drug-likeness (QED) is 0.770. The van der Waals surface area contributed by atoms with Gasteiger partial charge in [0.25, 0.3) is 0 Å². The van der Waals surface area contributed by atoms with Crippen molar-refractivity contribution in [3.8, 4) is 11.5 Å². The van der Waals surface area contributed by atoms with Crippen molar-refractivity contribution >= 4 is 27.5 Å². The van der Waals surface area contributed by atoms with E-state index in [1.165, 1.54) is 0 Å². The van der Waals surface area contributed by atoms with Crippen molar-refractivity contribution in [1.82, 2.24) is 0 Å². The van der Waals surface area contributed by atoms with Gasteiger partial charge in [0.05, 0.1) is 19.6 Å². The fourth-order valence-corrected chi connectivity index (χ4v) is 3.52. The summed E-state index contributed by atoms with van der Waals surface area (Å²) >= 11 is 3.50. The van der Waals surface area contributed by atoms with E-state index >= 15 is 0 Å². The Morgan fingerprint density at radius 3 is 2.67 bits per heavy atom. The molecule has 24 heavy (non-hydrogen) atoms. The van der Waals surface area contributed by atoms with Crippen molar-refractivity contribution in [2.75, 3.05) is 25.7 Å². The number of amides is 1. The summed E-state index contributed by atoms with van der Waals surface area (Å²) in [6.45, 7) is 2.53. The highest BCUT2D eigenvalue weighted by molar-refractivity contribution is 9.10. The molecule has 1 atom stereocenters. The molecule has 4 nitrogen and oxygen atoms in total. The predicted octanol–water partition coefficient (Wildman–Crippen LogP) is 4.16. The van der Waals surface area contributed by atoms with Gasteiger partial charge in [-0.25, -0.2) is 0 Å². The van der Waals surface area contributed by atoms with E-state index in [0.717, 1.165) is 27.0 Å². The summed E-state index contributed by atoms with van der Waals surface area (Å²) in [4.78, 5) is 14.4. The SMILES string of the molecule is CCOc1ccc(C[C@@H]2C(=O)N(C)c3ccc(Br)cc32)cc1OC. The molecule has 0 N–H and O–H groups in total. The monoisotopic (exact) mass is 389 g/mol. The first-order chi connectivity index (χ1) is 11.5. The molecule has 0 saturated carbocycles. The molecule has 1 aliphatic rings. The maximum Gasteiger partial charge on any atom is 0.234 e. The highest BCUT2D eigenvalue weighted by atomic mass is 79.9. The standard InChI is InChI=1S/C19H20BrNO3/c1-4-24-17-8-5-12(10-18(17)23-3)9-15-14-11-13(20)6-7-16(14)21(2)19(15)22/h5-8,10-11,15H,4,9H2,1-3H3/t15-/m0/s1. The molecule has 1 aliphatic heterocycles. The van der Waals surface area contributed by atoms with Crippen LogP contribution in [0, 0.1) is 0 Å². The maximum absolute atomic E-state index is 12.7. The normalized spacial score (nSPS) is 16.2. The Bertz CT molecular complexity index is 775. The lowest BCUT2D eigenvalue weighted by atomic mass is 9.93. The number of halogens is 1. The average molecular weight is 390 g/mol. The van der Waals surface area contributed by atoms with Crippen LogP contribution in [0.2, 0.25) is 0 Å².